The van der Waals surface area contributed by atoms with Crippen molar-refractivity contribution in [3.05, 3.63) is 82.6 Å². The summed E-state index contributed by atoms with van der Waals surface area (Å²) in [5.41, 5.74) is 2.73. The van der Waals surface area contributed by atoms with E-state index >= 15 is 0 Å². The second kappa shape index (κ2) is 10.00. The van der Waals surface area contributed by atoms with Crippen LogP contribution in [0.5, 0.6) is 0 Å². The van der Waals surface area contributed by atoms with E-state index in [1.54, 1.807) is 0 Å². The second-order valence-corrected chi connectivity index (χ2v) is 7.72. The van der Waals surface area contributed by atoms with Crippen molar-refractivity contribution in [2.45, 2.75) is 38.7 Å². The number of carbonyl (C=O) groups is 2. The third-order valence-corrected chi connectivity index (χ3v) is 5.44. The zero-order chi connectivity index (χ0) is 19.8. The molecule has 0 saturated heterocycles. The van der Waals surface area contributed by atoms with E-state index in [9.17, 15) is 9.59 Å². The number of carbonyl (C=O) groups excluding carboxylic acids is 2. The summed E-state index contributed by atoms with van der Waals surface area (Å²) in [6.07, 6.45) is 1.81. The Morgan fingerprint density at radius 3 is 2.29 bits per heavy atom. The molecule has 0 amide bonds. The number of benzene rings is 2. The van der Waals surface area contributed by atoms with Crippen molar-refractivity contribution < 1.29 is 14.3 Å². The Balaban J connectivity index is 1.70. The third kappa shape index (κ3) is 5.40. The first-order valence-electron chi connectivity index (χ1n) is 9.59. The van der Waals surface area contributed by atoms with Crippen LogP contribution in [0.2, 0.25) is 0 Å². The van der Waals surface area contributed by atoms with Crippen LogP contribution in [0.3, 0.4) is 0 Å². The summed E-state index contributed by atoms with van der Waals surface area (Å²) >= 11 is 1.51. The maximum atomic E-state index is 13.0. The maximum Gasteiger partial charge on any atom is 0.311 e. The lowest BCUT2D eigenvalue weighted by Crippen LogP contribution is -2.28. The minimum Gasteiger partial charge on any atom is -0.454 e. The molecule has 3 rings (SSSR count). The van der Waals surface area contributed by atoms with Crippen LogP contribution in [0, 0.1) is 0 Å². The van der Waals surface area contributed by atoms with Crippen molar-refractivity contribution in [3.63, 3.8) is 0 Å². The van der Waals surface area contributed by atoms with E-state index in [-0.39, 0.29) is 18.2 Å². The molecule has 2 aromatic carbocycles. The average molecular weight is 393 g/mol. The first-order valence-corrected chi connectivity index (χ1v) is 10.5. The van der Waals surface area contributed by atoms with E-state index in [0.717, 1.165) is 28.8 Å². The topological polar surface area (TPSA) is 43.4 Å². The molecule has 4 heteroatoms. The molecule has 0 aliphatic heterocycles. The third-order valence-electron chi connectivity index (χ3n) is 4.56. The molecule has 0 aliphatic rings. The highest BCUT2D eigenvalue weighted by molar-refractivity contribution is 7.10. The Labute approximate surface area is 170 Å². The summed E-state index contributed by atoms with van der Waals surface area (Å²) in [5, 5.41) is 1.93. The number of esters is 1. The highest BCUT2D eigenvalue weighted by atomic mass is 32.1. The molecule has 3 nitrogen and oxygen atoms in total. The van der Waals surface area contributed by atoms with Gasteiger partial charge in [-0.1, -0.05) is 74.0 Å². The molecule has 0 fully saturated rings. The first-order chi connectivity index (χ1) is 13.7. The predicted octanol–water partition coefficient (Wildman–Crippen LogP) is 5.94. The van der Waals surface area contributed by atoms with Crippen LogP contribution in [0.4, 0.5) is 0 Å². The van der Waals surface area contributed by atoms with Gasteiger partial charge in [-0.15, -0.1) is 11.3 Å². The molecule has 0 spiro atoms. The fraction of sp³-hybridized carbons (Fsp3) is 0.250. The van der Waals surface area contributed by atoms with Gasteiger partial charge in [-0.2, -0.15) is 0 Å². The number of Topliss-reactive ketones (excluding diaryl/α,β-unsaturated/α-hetero) is 1. The van der Waals surface area contributed by atoms with Gasteiger partial charge in [0.1, 0.15) is 0 Å². The van der Waals surface area contributed by atoms with Crippen molar-refractivity contribution in [2.24, 2.45) is 0 Å². The Morgan fingerprint density at radius 2 is 1.64 bits per heavy atom. The van der Waals surface area contributed by atoms with Gasteiger partial charge >= 0.3 is 5.97 Å². The van der Waals surface area contributed by atoms with Crippen LogP contribution in [-0.4, -0.2) is 17.9 Å². The fourth-order valence-electron chi connectivity index (χ4n) is 3.03. The van der Waals surface area contributed by atoms with Gasteiger partial charge in [-0.3, -0.25) is 9.59 Å². The van der Waals surface area contributed by atoms with Gasteiger partial charge < -0.3 is 4.74 Å². The molecule has 1 heterocycles. The SMILES string of the molecule is CCCCC(OC(=O)Cc1cccs1)C(=O)c1ccc(-c2ccccc2)cc1. The van der Waals surface area contributed by atoms with Gasteiger partial charge in [0.2, 0.25) is 5.78 Å². The number of ketones is 1. The highest BCUT2D eigenvalue weighted by Gasteiger charge is 2.24. The molecule has 1 atom stereocenters. The predicted molar refractivity (Wildman–Crippen MR) is 114 cm³/mol. The first kappa shape index (κ1) is 20.0. The summed E-state index contributed by atoms with van der Waals surface area (Å²) in [6.45, 7) is 2.06. The van der Waals surface area contributed by atoms with Gasteiger partial charge in [-0.05, 0) is 35.4 Å². The highest BCUT2D eigenvalue weighted by Crippen LogP contribution is 2.21. The zero-order valence-corrected chi connectivity index (χ0v) is 16.8. The summed E-state index contributed by atoms with van der Waals surface area (Å²) in [7, 11) is 0. The minimum atomic E-state index is -0.727. The van der Waals surface area contributed by atoms with Crippen molar-refractivity contribution in [1.29, 1.82) is 0 Å². The van der Waals surface area contributed by atoms with Gasteiger partial charge in [0.05, 0.1) is 6.42 Å². The minimum absolute atomic E-state index is 0.132. The van der Waals surface area contributed by atoms with Crippen LogP contribution >= 0.6 is 11.3 Å². The quantitative estimate of drug-likeness (QED) is 0.334. The normalized spacial score (nSPS) is 11.8. The molecular formula is C24H24O3S. The number of hydrogen-bond donors (Lipinski definition) is 0. The van der Waals surface area contributed by atoms with Crippen molar-refractivity contribution in [3.8, 4) is 11.1 Å². The number of thiophene rings is 1. The molecule has 0 saturated carbocycles. The summed E-state index contributed by atoms with van der Waals surface area (Å²) in [5.74, 6) is -0.481. The molecule has 28 heavy (non-hydrogen) atoms. The Kier molecular flexibility index (Phi) is 7.15. The van der Waals surface area contributed by atoms with Crippen molar-refractivity contribution in [2.75, 3.05) is 0 Å². The van der Waals surface area contributed by atoms with E-state index < -0.39 is 6.10 Å². The molecule has 1 aromatic heterocycles. The van der Waals surface area contributed by atoms with E-state index in [2.05, 4.69) is 6.92 Å². The fourth-order valence-corrected chi connectivity index (χ4v) is 3.72. The van der Waals surface area contributed by atoms with E-state index in [0.29, 0.717) is 12.0 Å². The Hall–Kier alpha value is -2.72. The number of rotatable bonds is 9. The molecule has 1 unspecified atom stereocenters. The van der Waals surface area contributed by atoms with Gasteiger partial charge in [0.15, 0.2) is 6.10 Å². The lowest BCUT2D eigenvalue weighted by atomic mass is 9.98. The Bertz CT molecular complexity index is 883. The standard InChI is InChI=1S/C24H24O3S/c1-2-3-11-22(27-23(25)17-21-10-7-16-28-21)24(26)20-14-12-19(13-15-20)18-8-5-4-6-9-18/h4-10,12-16,22H,2-3,11,17H2,1H3. The van der Waals surface area contributed by atoms with E-state index in [1.165, 1.54) is 11.3 Å². The molecule has 0 aliphatic carbocycles. The molecule has 0 radical (unpaired) electrons. The number of hydrogen-bond acceptors (Lipinski definition) is 4. The maximum absolute atomic E-state index is 13.0. The number of unbranched alkanes of at least 4 members (excludes halogenated alkanes) is 1. The zero-order valence-electron chi connectivity index (χ0n) is 16.0. The summed E-state index contributed by atoms with van der Waals surface area (Å²) < 4.78 is 5.58. The summed E-state index contributed by atoms with van der Waals surface area (Å²) in [4.78, 5) is 26.2. The monoisotopic (exact) mass is 392 g/mol. The summed E-state index contributed by atoms with van der Waals surface area (Å²) in [6, 6.07) is 21.3. The molecule has 144 valence electrons. The van der Waals surface area contributed by atoms with Gasteiger partial charge in [-0.25, -0.2) is 0 Å². The molecule has 0 bridgehead atoms. The second-order valence-electron chi connectivity index (χ2n) is 6.68. The lowest BCUT2D eigenvalue weighted by molar-refractivity contribution is -0.146. The van der Waals surface area contributed by atoms with Crippen LogP contribution in [0.1, 0.15) is 41.4 Å². The number of ether oxygens (including phenoxy) is 1. The molecule has 0 N–H and O–H groups in total. The molecule has 3 aromatic rings. The lowest BCUT2D eigenvalue weighted by Gasteiger charge is -2.17. The van der Waals surface area contributed by atoms with Crippen LogP contribution in [0.15, 0.2) is 72.1 Å². The van der Waals surface area contributed by atoms with E-state index in [4.69, 9.17) is 4.74 Å². The van der Waals surface area contributed by atoms with E-state index in [1.807, 2.05) is 72.1 Å². The van der Waals surface area contributed by atoms with Gasteiger partial charge in [0, 0.05) is 10.4 Å². The largest absolute Gasteiger partial charge is 0.454 e. The smallest absolute Gasteiger partial charge is 0.311 e. The van der Waals surface area contributed by atoms with Crippen molar-refractivity contribution >= 4 is 23.1 Å². The van der Waals surface area contributed by atoms with Crippen molar-refractivity contribution in [1.82, 2.24) is 0 Å². The molecular weight excluding hydrogens is 368 g/mol. The van der Waals surface area contributed by atoms with Crippen LogP contribution in [0.25, 0.3) is 11.1 Å². The Morgan fingerprint density at radius 1 is 0.929 bits per heavy atom. The average Bonchev–Trinajstić information content (AvgIpc) is 3.24. The van der Waals surface area contributed by atoms with Crippen LogP contribution < -0.4 is 0 Å². The van der Waals surface area contributed by atoms with Gasteiger partial charge in [0.25, 0.3) is 0 Å². The van der Waals surface area contributed by atoms with Crippen LogP contribution in [-0.2, 0) is 16.0 Å².